The maximum absolute atomic E-state index is 12.8. The quantitative estimate of drug-likeness (QED) is 0.786. The number of H-pyrrole nitrogens is 1. The maximum atomic E-state index is 12.8. The van der Waals surface area contributed by atoms with E-state index in [1.807, 2.05) is 17.0 Å². The van der Waals surface area contributed by atoms with Crippen molar-refractivity contribution in [1.29, 1.82) is 0 Å². The molecule has 24 heavy (non-hydrogen) atoms. The van der Waals surface area contributed by atoms with E-state index >= 15 is 0 Å². The summed E-state index contributed by atoms with van der Waals surface area (Å²) in [4.78, 5) is 20.3. The maximum Gasteiger partial charge on any atom is 0.270 e. The number of anilines is 1. The van der Waals surface area contributed by atoms with Crippen LogP contribution in [0.25, 0.3) is 10.9 Å². The molecule has 0 atom stereocenters. The van der Waals surface area contributed by atoms with Gasteiger partial charge < -0.3 is 14.8 Å². The molecular formula is C20H21N3O. The smallest absolute Gasteiger partial charge is 0.270 e. The molecule has 4 nitrogen and oxygen atoms in total. The van der Waals surface area contributed by atoms with E-state index in [1.165, 1.54) is 11.3 Å². The second-order valence-corrected chi connectivity index (χ2v) is 6.39. The van der Waals surface area contributed by atoms with Crippen LogP contribution in [0.2, 0.25) is 0 Å². The first kappa shape index (κ1) is 14.8. The van der Waals surface area contributed by atoms with Gasteiger partial charge in [-0.2, -0.15) is 0 Å². The topological polar surface area (TPSA) is 39.3 Å². The summed E-state index contributed by atoms with van der Waals surface area (Å²) in [5.74, 6) is 0.0940. The number of nitrogens with zero attached hydrogens (tertiary/aromatic N) is 2. The van der Waals surface area contributed by atoms with Crippen LogP contribution < -0.4 is 4.90 Å². The Labute approximate surface area is 141 Å². The monoisotopic (exact) mass is 319 g/mol. The molecular weight excluding hydrogens is 298 g/mol. The lowest BCUT2D eigenvalue weighted by atomic mass is 10.2. The summed E-state index contributed by atoms with van der Waals surface area (Å²) in [7, 11) is 0. The molecule has 0 aliphatic carbocycles. The molecule has 3 aromatic rings. The highest BCUT2D eigenvalue weighted by Crippen LogP contribution is 2.20. The molecule has 1 aliphatic heterocycles. The minimum atomic E-state index is 0.0940. The number of hydrogen-bond acceptors (Lipinski definition) is 2. The van der Waals surface area contributed by atoms with Crippen molar-refractivity contribution in [2.24, 2.45) is 0 Å². The average Bonchev–Trinajstić information content (AvgIpc) is 3.05. The van der Waals surface area contributed by atoms with E-state index in [1.54, 1.807) is 0 Å². The Kier molecular flexibility index (Phi) is 3.73. The number of carbonyl (C=O) groups is 1. The number of nitrogens with one attached hydrogen (secondary N) is 1. The first-order chi connectivity index (χ1) is 11.7. The fraction of sp³-hybridized carbons (Fsp3) is 0.250. The summed E-state index contributed by atoms with van der Waals surface area (Å²) < 4.78 is 0. The lowest BCUT2D eigenvalue weighted by Crippen LogP contribution is -2.48. The molecule has 4 rings (SSSR count). The Morgan fingerprint density at radius 2 is 1.71 bits per heavy atom. The number of hydrogen-bond donors (Lipinski definition) is 1. The fourth-order valence-corrected chi connectivity index (χ4v) is 3.33. The van der Waals surface area contributed by atoms with Gasteiger partial charge in [0.15, 0.2) is 0 Å². The molecule has 122 valence electrons. The Morgan fingerprint density at radius 3 is 2.46 bits per heavy atom. The minimum absolute atomic E-state index is 0.0940. The molecule has 0 unspecified atom stereocenters. The summed E-state index contributed by atoms with van der Waals surface area (Å²) in [6.45, 7) is 5.30. The molecule has 2 aromatic carbocycles. The molecule has 0 bridgehead atoms. The van der Waals surface area contributed by atoms with Crippen LogP contribution in [0.1, 0.15) is 16.1 Å². The number of amides is 1. The van der Waals surface area contributed by atoms with Crippen LogP contribution in [0, 0.1) is 6.92 Å². The van der Waals surface area contributed by atoms with Gasteiger partial charge in [0.2, 0.25) is 0 Å². The van der Waals surface area contributed by atoms with Crippen molar-refractivity contribution in [2.45, 2.75) is 6.92 Å². The van der Waals surface area contributed by atoms with Gasteiger partial charge in [-0.15, -0.1) is 0 Å². The fourth-order valence-electron chi connectivity index (χ4n) is 3.33. The molecule has 0 saturated carbocycles. The van der Waals surface area contributed by atoms with Crippen LogP contribution in [0.15, 0.2) is 54.6 Å². The summed E-state index contributed by atoms with van der Waals surface area (Å²) in [6.07, 6.45) is 0. The van der Waals surface area contributed by atoms with Gasteiger partial charge in [0.05, 0.1) is 0 Å². The third-order valence-electron chi connectivity index (χ3n) is 4.70. The number of piperazine rings is 1. The van der Waals surface area contributed by atoms with Crippen molar-refractivity contribution >= 4 is 22.5 Å². The first-order valence-electron chi connectivity index (χ1n) is 8.39. The van der Waals surface area contributed by atoms with Gasteiger partial charge in [-0.1, -0.05) is 30.3 Å². The van der Waals surface area contributed by atoms with Gasteiger partial charge in [-0.05, 0) is 36.8 Å². The molecule has 0 spiro atoms. The van der Waals surface area contributed by atoms with Gasteiger partial charge in [0.25, 0.3) is 5.91 Å². The van der Waals surface area contributed by atoms with Crippen molar-refractivity contribution in [3.8, 4) is 0 Å². The van der Waals surface area contributed by atoms with Gasteiger partial charge in [-0.3, -0.25) is 4.79 Å². The van der Waals surface area contributed by atoms with Gasteiger partial charge in [0.1, 0.15) is 5.69 Å². The number of benzene rings is 2. The molecule has 1 aromatic heterocycles. The molecule has 2 heterocycles. The van der Waals surface area contributed by atoms with Crippen molar-refractivity contribution in [1.82, 2.24) is 9.88 Å². The second-order valence-electron chi connectivity index (χ2n) is 6.39. The summed E-state index contributed by atoms with van der Waals surface area (Å²) in [6, 6.07) is 18.6. The Hall–Kier alpha value is -2.75. The number of aromatic amines is 1. The van der Waals surface area contributed by atoms with E-state index in [9.17, 15) is 4.79 Å². The molecule has 1 saturated heterocycles. The van der Waals surface area contributed by atoms with Crippen molar-refractivity contribution in [3.05, 3.63) is 65.9 Å². The highest BCUT2D eigenvalue weighted by molar-refractivity contribution is 5.98. The van der Waals surface area contributed by atoms with Crippen LogP contribution in [0.5, 0.6) is 0 Å². The first-order valence-corrected chi connectivity index (χ1v) is 8.39. The van der Waals surface area contributed by atoms with E-state index in [4.69, 9.17) is 0 Å². The van der Waals surface area contributed by atoms with Crippen LogP contribution in [0.4, 0.5) is 5.69 Å². The molecule has 1 fully saturated rings. The molecule has 1 amide bonds. The predicted molar refractivity (Wildman–Crippen MR) is 97.6 cm³/mol. The highest BCUT2D eigenvalue weighted by atomic mass is 16.2. The Morgan fingerprint density at radius 1 is 0.958 bits per heavy atom. The highest BCUT2D eigenvalue weighted by Gasteiger charge is 2.23. The molecule has 0 radical (unpaired) electrons. The van der Waals surface area contributed by atoms with Gasteiger partial charge in [-0.25, -0.2) is 0 Å². The Balaban J connectivity index is 1.47. The van der Waals surface area contributed by atoms with E-state index in [0.29, 0.717) is 5.69 Å². The predicted octanol–water partition coefficient (Wildman–Crippen LogP) is 3.44. The molecule has 4 heteroatoms. The van der Waals surface area contributed by atoms with Crippen LogP contribution in [-0.4, -0.2) is 42.0 Å². The summed E-state index contributed by atoms with van der Waals surface area (Å²) in [5.41, 5.74) is 4.13. The van der Waals surface area contributed by atoms with Crippen LogP contribution >= 0.6 is 0 Å². The van der Waals surface area contributed by atoms with Crippen LogP contribution in [0.3, 0.4) is 0 Å². The van der Waals surface area contributed by atoms with E-state index < -0.39 is 0 Å². The van der Waals surface area contributed by atoms with Crippen molar-refractivity contribution < 1.29 is 4.79 Å². The van der Waals surface area contributed by atoms with E-state index in [-0.39, 0.29) is 5.91 Å². The lowest BCUT2D eigenvalue weighted by Gasteiger charge is -2.36. The average molecular weight is 319 g/mol. The van der Waals surface area contributed by atoms with E-state index in [0.717, 1.165) is 37.1 Å². The standard InChI is InChI=1S/C20H21N3O/c1-15-7-8-16-14-19(21-18(16)13-15)20(24)23-11-9-22(10-12-23)17-5-3-2-4-6-17/h2-8,13-14,21H,9-12H2,1H3. The normalized spacial score (nSPS) is 15.0. The van der Waals surface area contributed by atoms with Gasteiger partial charge in [0, 0.05) is 42.8 Å². The number of rotatable bonds is 2. The SMILES string of the molecule is Cc1ccc2cc(C(=O)N3CCN(c4ccccc4)CC3)[nH]c2c1. The third-order valence-corrected chi connectivity index (χ3v) is 4.70. The lowest BCUT2D eigenvalue weighted by molar-refractivity contribution is 0.0742. The third kappa shape index (κ3) is 2.75. The summed E-state index contributed by atoms with van der Waals surface area (Å²) >= 11 is 0. The zero-order chi connectivity index (χ0) is 16.5. The van der Waals surface area contributed by atoms with Crippen molar-refractivity contribution in [2.75, 3.05) is 31.1 Å². The minimum Gasteiger partial charge on any atom is -0.368 e. The summed E-state index contributed by atoms with van der Waals surface area (Å²) in [5, 5.41) is 1.09. The van der Waals surface area contributed by atoms with Crippen molar-refractivity contribution in [3.63, 3.8) is 0 Å². The van der Waals surface area contributed by atoms with E-state index in [2.05, 4.69) is 59.3 Å². The largest absolute Gasteiger partial charge is 0.368 e. The van der Waals surface area contributed by atoms with Gasteiger partial charge >= 0.3 is 0 Å². The number of aromatic nitrogens is 1. The van der Waals surface area contributed by atoms with Crippen LogP contribution in [-0.2, 0) is 0 Å². The zero-order valence-electron chi connectivity index (χ0n) is 13.8. The molecule has 1 N–H and O–H groups in total. The Bertz CT molecular complexity index is 861. The number of aryl methyl sites for hydroxylation is 1. The number of carbonyl (C=O) groups excluding carboxylic acids is 1. The molecule has 1 aliphatic rings. The second kappa shape index (κ2) is 6.04. The number of fused-ring (bicyclic) bond motifs is 1. The zero-order valence-corrected chi connectivity index (χ0v) is 13.8. The number of para-hydroxylation sites is 1.